The van der Waals surface area contributed by atoms with E-state index in [9.17, 15) is 4.79 Å². The third kappa shape index (κ3) is 2.23. The van der Waals surface area contributed by atoms with Crippen LogP contribution in [0.15, 0.2) is 0 Å². The lowest BCUT2D eigenvalue weighted by Gasteiger charge is -2.43. The van der Waals surface area contributed by atoms with Crippen LogP contribution < -0.4 is 5.32 Å². The lowest BCUT2D eigenvalue weighted by Crippen LogP contribution is -2.57. The van der Waals surface area contributed by atoms with E-state index in [1.807, 2.05) is 0 Å². The second kappa shape index (κ2) is 4.00. The molecule has 3 fully saturated rings. The minimum absolute atomic E-state index is 0.0334. The number of piperidine rings is 1. The normalized spacial score (nSPS) is 30.4. The summed E-state index contributed by atoms with van der Waals surface area (Å²) >= 11 is 0. The predicted molar refractivity (Wildman–Crippen MR) is 60.1 cm³/mol. The number of carbonyl (C=O) groups excluding carboxylic acids is 1. The number of nitrogens with one attached hydrogen (secondary N) is 1. The maximum atomic E-state index is 11.1. The van der Waals surface area contributed by atoms with Crippen LogP contribution in [0.2, 0.25) is 0 Å². The average molecular weight is 224 g/mol. The molecule has 0 aromatic heterocycles. The Hall–Kier alpha value is -0.610. The van der Waals surface area contributed by atoms with Crippen molar-refractivity contribution in [1.82, 2.24) is 10.2 Å². The number of hydrogen-bond acceptors (Lipinski definition) is 3. The van der Waals surface area contributed by atoms with Crippen LogP contribution in [0.1, 0.15) is 25.7 Å². The topological polar surface area (TPSA) is 41.6 Å². The summed E-state index contributed by atoms with van der Waals surface area (Å²) in [5.41, 5.74) is -0.0477. The van der Waals surface area contributed by atoms with Crippen LogP contribution in [0.4, 0.5) is 0 Å². The molecular weight excluding hydrogens is 204 g/mol. The molecule has 90 valence electrons. The zero-order chi connectivity index (χ0) is 11.0. The summed E-state index contributed by atoms with van der Waals surface area (Å²) in [5, 5.41) is 2.93. The molecule has 1 spiro atoms. The van der Waals surface area contributed by atoms with E-state index >= 15 is 0 Å². The van der Waals surface area contributed by atoms with Gasteiger partial charge in [-0.2, -0.15) is 0 Å². The Kier molecular flexibility index (Phi) is 2.64. The number of ether oxygens (including phenoxy) is 1. The van der Waals surface area contributed by atoms with Gasteiger partial charge in [-0.15, -0.1) is 0 Å². The molecule has 0 aromatic rings. The highest BCUT2D eigenvalue weighted by Gasteiger charge is 2.39. The Morgan fingerprint density at radius 3 is 2.69 bits per heavy atom. The zero-order valence-electron chi connectivity index (χ0n) is 9.71. The minimum atomic E-state index is -0.0477. The van der Waals surface area contributed by atoms with Gasteiger partial charge in [0.25, 0.3) is 0 Å². The Morgan fingerprint density at radius 2 is 2.12 bits per heavy atom. The summed E-state index contributed by atoms with van der Waals surface area (Å²) in [6.07, 6.45) is 4.99. The van der Waals surface area contributed by atoms with Gasteiger partial charge in [-0.1, -0.05) is 0 Å². The molecule has 0 radical (unpaired) electrons. The predicted octanol–water partition coefficient (Wildman–Crippen LogP) is 0.377. The van der Waals surface area contributed by atoms with E-state index in [1.54, 1.807) is 0 Å². The second-order valence-electron chi connectivity index (χ2n) is 5.49. The van der Waals surface area contributed by atoms with E-state index in [4.69, 9.17) is 4.74 Å². The summed E-state index contributed by atoms with van der Waals surface area (Å²) in [6, 6.07) is 0. The maximum absolute atomic E-state index is 11.1. The molecule has 0 atom stereocenters. The van der Waals surface area contributed by atoms with Crippen LogP contribution in [0.3, 0.4) is 0 Å². The van der Waals surface area contributed by atoms with Gasteiger partial charge in [0.15, 0.2) is 0 Å². The highest BCUT2D eigenvalue weighted by atomic mass is 16.5. The van der Waals surface area contributed by atoms with Gasteiger partial charge < -0.3 is 15.0 Å². The number of amides is 1. The van der Waals surface area contributed by atoms with Crippen LogP contribution >= 0.6 is 0 Å². The Bertz CT molecular complexity index is 269. The summed E-state index contributed by atoms with van der Waals surface area (Å²) < 4.78 is 5.75. The highest BCUT2D eigenvalue weighted by Crippen LogP contribution is 2.33. The van der Waals surface area contributed by atoms with E-state index < -0.39 is 0 Å². The van der Waals surface area contributed by atoms with Crippen LogP contribution in [0.5, 0.6) is 0 Å². The summed E-state index contributed by atoms with van der Waals surface area (Å²) in [6.45, 7) is 4.51. The third-order valence-corrected chi connectivity index (χ3v) is 4.10. The quantitative estimate of drug-likeness (QED) is 0.737. The van der Waals surface area contributed by atoms with Gasteiger partial charge >= 0.3 is 0 Å². The van der Waals surface area contributed by atoms with Crippen LogP contribution in [-0.4, -0.2) is 49.2 Å². The van der Waals surface area contributed by atoms with E-state index in [1.165, 1.54) is 19.4 Å². The molecule has 3 aliphatic rings. The van der Waals surface area contributed by atoms with Crippen molar-refractivity contribution < 1.29 is 9.53 Å². The molecule has 0 unspecified atom stereocenters. The molecular formula is C12H20N2O2. The van der Waals surface area contributed by atoms with Crippen molar-refractivity contribution in [1.29, 1.82) is 0 Å². The van der Waals surface area contributed by atoms with Gasteiger partial charge in [0, 0.05) is 26.2 Å². The van der Waals surface area contributed by atoms with Crippen molar-refractivity contribution in [2.24, 2.45) is 5.92 Å². The van der Waals surface area contributed by atoms with Crippen LogP contribution in [-0.2, 0) is 9.53 Å². The van der Waals surface area contributed by atoms with Gasteiger partial charge in [-0.05, 0) is 31.6 Å². The van der Waals surface area contributed by atoms with Gasteiger partial charge in [-0.3, -0.25) is 4.79 Å². The third-order valence-electron chi connectivity index (χ3n) is 4.10. The smallest absolute Gasteiger partial charge is 0.246 e. The number of nitrogens with zero attached hydrogens (tertiary/aromatic N) is 1. The van der Waals surface area contributed by atoms with E-state index in [-0.39, 0.29) is 18.1 Å². The fourth-order valence-corrected chi connectivity index (χ4v) is 2.71. The minimum Gasteiger partial charge on any atom is -0.363 e. The molecule has 0 bridgehead atoms. The Balaban J connectivity index is 1.50. The van der Waals surface area contributed by atoms with Gasteiger partial charge in [0.1, 0.15) is 6.61 Å². The standard InChI is InChI=1S/C12H20N2O2/c15-11-8-16-12(9-13-11)3-5-14(6-4-12)7-10-1-2-10/h10H,1-9H2,(H,13,15). The lowest BCUT2D eigenvalue weighted by atomic mass is 9.90. The molecule has 1 aliphatic carbocycles. The molecule has 4 heteroatoms. The molecule has 3 rings (SSSR count). The largest absolute Gasteiger partial charge is 0.363 e. The lowest BCUT2D eigenvalue weighted by molar-refractivity contribution is -0.150. The molecule has 2 aliphatic heterocycles. The highest BCUT2D eigenvalue weighted by molar-refractivity contribution is 5.78. The summed E-state index contributed by atoms with van der Waals surface area (Å²) in [7, 11) is 0. The molecule has 1 amide bonds. The SMILES string of the molecule is O=C1COC2(CCN(CC3CC3)CC2)CN1. The molecule has 2 saturated heterocycles. The monoisotopic (exact) mass is 224 g/mol. The Morgan fingerprint density at radius 1 is 1.38 bits per heavy atom. The van der Waals surface area contributed by atoms with Gasteiger partial charge in [0.05, 0.1) is 5.60 Å². The molecule has 4 nitrogen and oxygen atoms in total. The van der Waals surface area contributed by atoms with Crippen molar-refractivity contribution in [2.75, 3.05) is 32.8 Å². The van der Waals surface area contributed by atoms with Crippen molar-refractivity contribution >= 4 is 5.91 Å². The first-order chi connectivity index (χ1) is 7.76. The molecule has 16 heavy (non-hydrogen) atoms. The number of hydrogen-bond donors (Lipinski definition) is 1. The molecule has 0 aromatic carbocycles. The first-order valence-electron chi connectivity index (χ1n) is 6.39. The van der Waals surface area contributed by atoms with E-state index in [0.717, 1.165) is 31.8 Å². The zero-order valence-corrected chi connectivity index (χ0v) is 9.71. The maximum Gasteiger partial charge on any atom is 0.246 e. The van der Waals surface area contributed by atoms with Gasteiger partial charge in [-0.25, -0.2) is 0 Å². The Labute approximate surface area is 96.3 Å². The first kappa shape index (κ1) is 10.5. The number of carbonyl (C=O) groups is 1. The van der Waals surface area contributed by atoms with E-state index in [0.29, 0.717) is 6.54 Å². The van der Waals surface area contributed by atoms with Crippen LogP contribution in [0.25, 0.3) is 0 Å². The van der Waals surface area contributed by atoms with Crippen molar-refractivity contribution in [2.45, 2.75) is 31.3 Å². The number of rotatable bonds is 2. The van der Waals surface area contributed by atoms with Crippen molar-refractivity contribution in [3.63, 3.8) is 0 Å². The summed E-state index contributed by atoms with van der Waals surface area (Å²) in [5.74, 6) is 1.01. The van der Waals surface area contributed by atoms with E-state index in [2.05, 4.69) is 10.2 Å². The molecule has 1 N–H and O–H groups in total. The molecule has 2 heterocycles. The van der Waals surface area contributed by atoms with Crippen molar-refractivity contribution in [3.8, 4) is 0 Å². The second-order valence-corrected chi connectivity index (χ2v) is 5.49. The first-order valence-corrected chi connectivity index (χ1v) is 6.39. The van der Waals surface area contributed by atoms with Gasteiger partial charge in [0.2, 0.25) is 5.91 Å². The fraction of sp³-hybridized carbons (Fsp3) is 0.917. The number of morpholine rings is 1. The van der Waals surface area contributed by atoms with Crippen LogP contribution in [0, 0.1) is 5.92 Å². The van der Waals surface area contributed by atoms with Crippen molar-refractivity contribution in [3.05, 3.63) is 0 Å². The summed E-state index contributed by atoms with van der Waals surface area (Å²) in [4.78, 5) is 13.6. The molecule has 1 saturated carbocycles. The fourth-order valence-electron chi connectivity index (χ4n) is 2.71. The number of likely N-dealkylation sites (tertiary alicyclic amines) is 1. The average Bonchev–Trinajstić information content (AvgIpc) is 3.10.